The Hall–Kier alpha value is -4.60. The molecule has 0 fully saturated rings. The summed E-state index contributed by atoms with van der Waals surface area (Å²) in [5, 5.41) is 0. The van der Waals surface area contributed by atoms with E-state index in [2.05, 4.69) is 135 Å². The van der Waals surface area contributed by atoms with E-state index in [1.807, 2.05) is 26.0 Å². The van der Waals surface area contributed by atoms with Crippen LogP contribution in [0.4, 0.5) is 0 Å². The van der Waals surface area contributed by atoms with Gasteiger partial charge in [-0.25, -0.2) is 0 Å². The van der Waals surface area contributed by atoms with Gasteiger partial charge in [0.05, 0.1) is 0 Å². The van der Waals surface area contributed by atoms with Gasteiger partial charge >= 0.3 is 0 Å². The molecule has 0 aromatic heterocycles. The molecule has 0 bridgehead atoms. The van der Waals surface area contributed by atoms with Gasteiger partial charge in [-0.05, 0) is 73.9 Å². The Morgan fingerprint density at radius 1 is 0.513 bits per heavy atom. The van der Waals surface area contributed by atoms with E-state index < -0.39 is 0 Å². The van der Waals surface area contributed by atoms with Crippen molar-refractivity contribution in [2.24, 2.45) is 0 Å². The summed E-state index contributed by atoms with van der Waals surface area (Å²) in [4.78, 5) is 0. The highest BCUT2D eigenvalue weighted by Gasteiger charge is 2.34. The number of benzene rings is 5. The van der Waals surface area contributed by atoms with Crippen molar-refractivity contribution < 1.29 is 0 Å². The van der Waals surface area contributed by atoms with E-state index in [9.17, 15) is 0 Å². The van der Waals surface area contributed by atoms with E-state index >= 15 is 0 Å². The van der Waals surface area contributed by atoms with Crippen LogP contribution in [-0.4, -0.2) is 0 Å². The van der Waals surface area contributed by atoms with Crippen molar-refractivity contribution in [1.82, 2.24) is 0 Å². The molecule has 5 aromatic rings. The van der Waals surface area contributed by atoms with E-state index in [4.69, 9.17) is 6.42 Å². The van der Waals surface area contributed by atoms with Gasteiger partial charge in [-0.15, -0.1) is 6.42 Å². The number of terminal acetylenes is 1. The second-order valence-corrected chi connectivity index (χ2v) is 10.1. The number of fused-ring (bicyclic) bond motifs is 6. The molecule has 0 heteroatoms. The summed E-state index contributed by atoms with van der Waals surface area (Å²) in [6.07, 6.45) is 7.67. The maximum atomic E-state index is 5.42. The first-order chi connectivity index (χ1) is 19.1. The zero-order valence-corrected chi connectivity index (χ0v) is 23.2. The molecular formula is C39H34. The summed E-state index contributed by atoms with van der Waals surface area (Å²) in [6, 6.07) is 42.7. The normalized spacial score (nSPS) is 12.7. The third kappa shape index (κ3) is 4.73. The molecule has 2 aliphatic carbocycles. The topological polar surface area (TPSA) is 0 Å². The van der Waals surface area contributed by atoms with Crippen molar-refractivity contribution in [3.05, 3.63) is 155 Å². The van der Waals surface area contributed by atoms with Crippen LogP contribution in [0, 0.1) is 12.3 Å². The number of rotatable bonds is 1. The maximum Gasteiger partial charge on any atom is 0.0243 e. The lowest BCUT2D eigenvalue weighted by Gasteiger charge is -2.20. The van der Waals surface area contributed by atoms with Gasteiger partial charge in [0.2, 0.25) is 0 Å². The average molecular weight is 503 g/mol. The van der Waals surface area contributed by atoms with Crippen LogP contribution >= 0.6 is 0 Å². The van der Waals surface area contributed by atoms with Gasteiger partial charge < -0.3 is 0 Å². The minimum atomic E-state index is 0.160. The summed E-state index contributed by atoms with van der Waals surface area (Å²) < 4.78 is 0. The minimum Gasteiger partial charge on any atom is -0.115 e. The fourth-order valence-corrected chi connectivity index (χ4v) is 5.72. The Morgan fingerprint density at radius 3 is 1.33 bits per heavy atom. The highest BCUT2D eigenvalue weighted by atomic mass is 14.4. The number of hydrogen-bond donors (Lipinski definition) is 0. The summed E-state index contributed by atoms with van der Waals surface area (Å²) in [7, 11) is 0. The summed E-state index contributed by atoms with van der Waals surface area (Å²) in [5.74, 6) is 2.66. The molecule has 190 valence electrons. The van der Waals surface area contributed by atoms with Crippen LogP contribution < -0.4 is 0 Å². The Labute approximate surface area is 233 Å². The first-order valence-corrected chi connectivity index (χ1v) is 13.7. The van der Waals surface area contributed by atoms with E-state index in [-0.39, 0.29) is 5.41 Å². The van der Waals surface area contributed by atoms with Crippen LogP contribution in [0.2, 0.25) is 0 Å². The lowest BCUT2D eigenvalue weighted by Crippen LogP contribution is -2.14. The zero-order valence-electron chi connectivity index (χ0n) is 23.2. The van der Waals surface area contributed by atoms with Gasteiger partial charge in [0.15, 0.2) is 0 Å². The van der Waals surface area contributed by atoms with Crippen LogP contribution in [0.1, 0.15) is 61.1 Å². The molecule has 0 atom stereocenters. The predicted octanol–water partition coefficient (Wildman–Crippen LogP) is 10.3. The Balaban J connectivity index is 0.000000158. The van der Waals surface area contributed by atoms with Crippen molar-refractivity contribution in [3.63, 3.8) is 0 Å². The van der Waals surface area contributed by atoms with Gasteiger partial charge in [0.1, 0.15) is 0 Å². The average Bonchev–Trinajstić information content (AvgIpc) is 3.44. The fourth-order valence-electron chi connectivity index (χ4n) is 5.72. The molecule has 2 aliphatic rings. The maximum absolute atomic E-state index is 5.42. The first kappa shape index (κ1) is 26.0. The Bertz CT molecular complexity index is 1590. The number of hydrogen-bond acceptors (Lipinski definition) is 0. The summed E-state index contributed by atoms with van der Waals surface area (Å²) in [6.45, 7) is 8.61. The van der Waals surface area contributed by atoms with E-state index in [0.717, 1.165) is 5.56 Å². The SMILES string of the molecule is C#Cc1ccc(C=C2c3ccccc3-c3ccccc32)cc1.CC.CC1(C)c2ccccc2-c2ccccc21. The molecule has 0 heterocycles. The molecule has 39 heavy (non-hydrogen) atoms. The van der Waals surface area contributed by atoms with E-state index in [1.165, 1.54) is 55.6 Å². The van der Waals surface area contributed by atoms with E-state index in [1.54, 1.807) is 0 Å². The Kier molecular flexibility index (Phi) is 7.36. The summed E-state index contributed by atoms with van der Waals surface area (Å²) >= 11 is 0. The van der Waals surface area contributed by atoms with Gasteiger partial charge in [-0.2, -0.15) is 0 Å². The Morgan fingerprint density at radius 2 is 0.897 bits per heavy atom. The molecule has 0 nitrogen and oxygen atoms in total. The summed E-state index contributed by atoms with van der Waals surface area (Å²) in [5.41, 5.74) is 14.4. The lowest BCUT2D eigenvalue weighted by molar-refractivity contribution is 0.660. The molecule has 0 saturated carbocycles. The molecule has 7 rings (SSSR count). The van der Waals surface area contributed by atoms with Crippen LogP contribution in [-0.2, 0) is 5.41 Å². The zero-order chi connectivity index (χ0) is 27.4. The third-order valence-electron chi connectivity index (χ3n) is 7.60. The highest BCUT2D eigenvalue weighted by Crippen LogP contribution is 2.48. The van der Waals surface area contributed by atoms with Gasteiger partial charge in [-0.1, -0.05) is 143 Å². The molecular weight excluding hydrogens is 468 g/mol. The third-order valence-corrected chi connectivity index (χ3v) is 7.60. The smallest absolute Gasteiger partial charge is 0.0243 e. The van der Waals surface area contributed by atoms with Gasteiger partial charge in [0, 0.05) is 11.0 Å². The van der Waals surface area contributed by atoms with E-state index in [0.29, 0.717) is 0 Å². The predicted molar refractivity (Wildman–Crippen MR) is 169 cm³/mol. The van der Waals surface area contributed by atoms with Crippen LogP contribution in [0.5, 0.6) is 0 Å². The van der Waals surface area contributed by atoms with Gasteiger partial charge in [0.25, 0.3) is 0 Å². The molecule has 0 radical (unpaired) electrons. The fraction of sp³-hybridized carbons (Fsp3) is 0.128. The largest absolute Gasteiger partial charge is 0.115 e. The lowest BCUT2D eigenvalue weighted by atomic mass is 9.82. The standard InChI is InChI=1S/C22H14.C15H14.C2H6/c1-2-16-11-13-17(14-12-16)15-22-20-9-5-3-7-18(20)19-8-4-6-10-21(19)22;1-15(2)13-9-5-3-7-11(13)12-8-4-6-10-14(12)15;1-2/h1,3-15H;3-10H,1-2H3;1-2H3. The first-order valence-electron chi connectivity index (χ1n) is 13.7. The van der Waals surface area contributed by atoms with Crippen LogP contribution in [0.3, 0.4) is 0 Å². The highest BCUT2D eigenvalue weighted by molar-refractivity contribution is 6.06. The van der Waals surface area contributed by atoms with Crippen molar-refractivity contribution in [2.45, 2.75) is 33.1 Å². The van der Waals surface area contributed by atoms with Crippen molar-refractivity contribution in [1.29, 1.82) is 0 Å². The monoisotopic (exact) mass is 502 g/mol. The van der Waals surface area contributed by atoms with Gasteiger partial charge in [-0.3, -0.25) is 0 Å². The molecule has 0 aliphatic heterocycles. The molecule has 0 amide bonds. The van der Waals surface area contributed by atoms with Crippen LogP contribution in [0.25, 0.3) is 33.9 Å². The molecule has 0 spiro atoms. The van der Waals surface area contributed by atoms with Crippen LogP contribution in [0.15, 0.2) is 121 Å². The van der Waals surface area contributed by atoms with Crippen molar-refractivity contribution in [2.75, 3.05) is 0 Å². The molecule has 0 saturated heterocycles. The second-order valence-electron chi connectivity index (χ2n) is 10.1. The second kappa shape index (κ2) is 11.0. The minimum absolute atomic E-state index is 0.160. The molecule has 0 N–H and O–H groups in total. The molecule has 5 aromatic carbocycles. The van der Waals surface area contributed by atoms with Crippen molar-refractivity contribution >= 4 is 11.6 Å². The molecule has 0 unspecified atom stereocenters. The quantitative estimate of drug-likeness (QED) is 0.196. The van der Waals surface area contributed by atoms with Crippen molar-refractivity contribution in [3.8, 4) is 34.6 Å².